The van der Waals surface area contributed by atoms with Gasteiger partial charge in [-0.2, -0.15) is 0 Å². The van der Waals surface area contributed by atoms with Gasteiger partial charge in [0.15, 0.2) is 0 Å². The van der Waals surface area contributed by atoms with Crippen LogP contribution in [0, 0.1) is 0 Å². The molecule has 15 heavy (non-hydrogen) atoms. The first kappa shape index (κ1) is 10.2. The van der Waals surface area contributed by atoms with Crippen LogP contribution < -0.4 is 5.32 Å². The van der Waals surface area contributed by atoms with Crippen molar-refractivity contribution in [1.29, 1.82) is 0 Å². The second kappa shape index (κ2) is 4.44. The van der Waals surface area contributed by atoms with Gasteiger partial charge in [-0.1, -0.05) is 0 Å². The molecule has 5 heteroatoms. The first-order valence-electron chi connectivity index (χ1n) is 5.22. The summed E-state index contributed by atoms with van der Waals surface area (Å²) in [6.45, 7) is 3.41. The number of hydrogen-bond donors (Lipinski definition) is 1. The standard InChI is InChI=1S/C10H16N4O/c1-13-5-4-12-9(13)8-10(15)14-6-2-11-3-7-14/h4-5,11H,2-3,6-8H2,1H3. The van der Waals surface area contributed by atoms with E-state index in [2.05, 4.69) is 10.3 Å². The van der Waals surface area contributed by atoms with E-state index < -0.39 is 0 Å². The molecule has 0 radical (unpaired) electrons. The molecule has 1 aliphatic rings. The highest BCUT2D eigenvalue weighted by Crippen LogP contribution is 2.01. The fraction of sp³-hybridized carbons (Fsp3) is 0.600. The number of amides is 1. The summed E-state index contributed by atoms with van der Waals surface area (Å²) in [5.41, 5.74) is 0. The number of piperazine rings is 1. The van der Waals surface area contributed by atoms with Crippen molar-refractivity contribution in [3.05, 3.63) is 18.2 Å². The molecule has 1 aliphatic heterocycles. The molecule has 0 atom stereocenters. The molecule has 82 valence electrons. The van der Waals surface area contributed by atoms with Crippen LogP contribution >= 0.6 is 0 Å². The van der Waals surface area contributed by atoms with Gasteiger partial charge in [-0.05, 0) is 0 Å². The second-order valence-electron chi connectivity index (χ2n) is 3.76. The van der Waals surface area contributed by atoms with Crippen LogP contribution in [0.5, 0.6) is 0 Å². The van der Waals surface area contributed by atoms with Crippen molar-refractivity contribution < 1.29 is 4.79 Å². The van der Waals surface area contributed by atoms with E-state index in [-0.39, 0.29) is 5.91 Å². The van der Waals surface area contributed by atoms with Crippen molar-refractivity contribution in [2.45, 2.75) is 6.42 Å². The molecular formula is C10H16N4O. The molecular weight excluding hydrogens is 192 g/mol. The smallest absolute Gasteiger partial charge is 0.230 e. The third-order valence-corrected chi connectivity index (χ3v) is 2.70. The minimum absolute atomic E-state index is 0.172. The van der Waals surface area contributed by atoms with Gasteiger partial charge in [0.2, 0.25) is 5.91 Å². The van der Waals surface area contributed by atoms with Gasteiger partial charge < -0.3 is 14.8 Å². The molecule has 1 fully saturated rings. The Morgan fingerprint density at radius 2 is 2.27 bits per heavy atom. The lowest BCUT2D eigenvalue weighted by Crippen LogP contribution is -2.47. The van der Waals surface area contributed by atoms with Crippen molar-refractivity contribution in [2.75, 3.05) is 26.2 Å². The summed E-state index contributed by atoms with van der Waals surface area (Å²) >= 11 is 0. The van der Waals surface area contributed by atoms with Crippen molar-refractivity contribution in [1.82, 2.24) is 19.8 Å². The molecule has 1 saturated heterocycles. The number of aromatic nitrogens is 2. The molecule has 0 unspecified atom stereocenters. The van der Waals surface area contributed by atoms with Crippen molar-refractivity contribution in [3.8, 4) is 0 Å². The zero-order valence-electron chi connectivity index (χ0n) is 8.94. The highest BCUT2D eigenvalue weighted by atomic mass is 16.2. The first-order valence-corrected chi connectivity index (χ1v) is 5.22. The Labute approximate surface area is 89.1 Å². The van der Waals surface area contributed by atoms with E-state index in [1.807, 2.05) is 22.7 Å². The summed E-state index contributed by atoms with van der Waals surface area (Å²) in [6.07, 6.45) is 3.99. The van der Waals surface area contributed by atoms with Crippen LogP contribution in [0.3, 0.4) is 0 Å². The number of imidazole rings is 1. The van der Waals surface area contributed by atoms with Crippen LogP contribution in [-0.2, 0) is 18.3 Å². The van der Waals surface area contributed by atoms with Crippen LogP contribution in [0.15, 0.2) is 12.4 Å². The number of rotatable bonds is 2. The maximum absolute atomic E-state index is 11.9. The molecule has 1 amide bonds. The van der Waals surface area contributed by atoms with E-state index in [9.17, 15) is 4.79 Å². The summed E-state index contributed by atoms with van der Waals surface area (Å²) in [6, 6.07) is 0. The summed E-state index contributed by atoms with van der Waals surface area (Å²) < 4.78 is 1.89. The maximum atomic E-state index is 11.9. The number of aryl methyl sites for hydroxylation is 1. The monoisotopic (exact) mass is 208 g/mol. The summed E-state index contributed by atoms with van der Waals surface area (Å²) in [5.74, 6) is 1.00. The Morgan fingerprint density at radius 1 is 1.53 bits per heavy atom. The Balaban J connectivity index is 1.94. The highest BCUT2D eigenvalue weighted by molar-refractivity contribution is 5.78. The predicted octanol–water partition coefficient (Wildman–Crippen LogP) is -0.606. The van der Waals surface area contributed by atoms with Gasteiger partial charge in [-0.15, -0.1) is 0 Å². The van der Waals surface area contributed by atoms with Crippen molar-refractivity contribution in [3.63, 3.8) is 0 Å². The quantitative estimate of drug-likeness (QED) is 0.705. The molecule has 2 heterocycles. The third kappa shape index (κ3) is 2.36. The molecule has 1 N–H and O–H groups in total. The molecule has 5 nitrogen and oxygen atoms in total. The maximum Gasteiger partial charge on any atom is 0.230 e. The van der Waals surface area contributed by atoms with Crippen LogP contribution in [0.2, 0.25) is 0 Å². The molecule has 0 bridgehead atoms. The Hall–Kier alpha value is -1.36. The lowest BCUT2D eigenvalue weighted by atomic mass is 10.3. The van der Waals surface area contributed by atoms with Crippen molar-refractivity contribution in [2.24, 2.45) is 7.05 Å². The molecule has 2 rings (SSSR count). The van der Waals surface area contributed by atoms with E-state index in [1.165, 1.54) is 0 Å². The van der Waals surface area contributed by atoms with E-state index in [0.29, 0.717) is 6.42 Å². The topological polar surface area (TPSA) is 50.2 Å². The second-order valence-corrected chi connectivity index (χ2v) is 3.76. The summed E-state index contributed by atoms with van der Waals surface area (Å²) in [7, 11) is 1.91. The average Bonchev–Trinajstić information content (AvgIpc) is 2.66. The largest absolute Gasteiger partial charge is 0.340 e. The van der Waals surface area contributed by atoms with E-state index in [4.69, 9.17) is 0 Å². The number of nitrogens with one attached hydrogen (secondary N) is 1. The van der Waals surface area contributed by atoms with Crippen LogP contribution in [0.1, 0.15) is 5.82 Å². The van der Waals surface area contributed by atoms with E-state index in [0.717, 1.165) is 32.0 Å². The molecule has 1 aromatic heterocycles. The highest BCUT2D eigenvalue weighted by Gasteiger charge is 2.17. The molecule has 1 aromatic rings. The molecule has 0 aliphatic carbocycles. The Bertz CT molecular complexity index is 341. The Kier molecular flexibility index (Phi) is 3.01. The van der Waals surface area contributed by atoms with Crippen LogP contribution in [0.4, 0.5) is 0 Å². The zero-order valence-corrected chi connectivity index (χ0v) is 8.94. The minimum atomic E-state index is 0.172. The third-order valence-electron chi connectivity index (χ3n) is 2.70. The fourth-order valence-corrected chi connectivity index (χ4v) is 1.73. The van der Waals surface area contributed by atoms with Crippen LogP contribution in [0.25, 0.3) is 0 Å². The lowest BCUT2D eigenvalue weighted by Gasteiger charge is -2.27. The number of nitrogens with zero attached hydrogens (tertiary/aromatic N) is 3. The van der Waals surface area contributed by atoms with Gasteiger partial charge in [0.1, 0.15) is 5.82 Å². The van der Waals surface area contributed by atoms with E-state index in [1.54, 1.807) is 6.20 Å². The normalized spacial score (nSPS) is 16.7. The minimum Gasteiger partial charge on any atom is -0.340 e. The average molecular weight is 208 g/mol. The summed E-state index contributed by atoms with van der Waals surface area (Å²) in [4.78, 5) is 17.9. The van der Waals surface area contributed by atoms with Gasteiger partial charge in [0.05, 0.1) is 6.42 Å². The number of carbonyl (C=O) groups excluding carboxylic acids is 1. The first-order chi connectivity index (χ1) is 7.27. The van der Waals surface area contributed by atoms with Gasteiger partial charge in [0, 0.05) is 45.6 Å². The van der Waals surface area contributed by atoms with Gasteiger partial charge in [-0.3, -0.25) is 4.79 Å². The van der Waals surface area contributed by atoms with Gasteiger partial charge in [-0.25, -0.2) is 4.98 Å². The van der Waals surface area contributed by atoms with Crippen LogP contribution in [-0.4, -0.2) is 46.5 Å². The Morgan fingerprint density at radius 3 is 2.87 bits per heavy atom. The number of hydrogen-bond acceptors (Lipinski definition) is 3. The number of carbonyl (C=O) groups is 1. The SMILES string of the molecule is Cn1ccnc1CC(=O)N1CCNCC1. The molecule has 0 saturated carbocycles. The van der Waals surface area contributed by atoms with E-state index >= 15 is 0 Å². The summed E-state index contributed by atoms with van der Waals surface area (Å²) in [5, 5.41) is 3.23. The molecule has 0 spiro atoms. The van der Waals surface area contributed by atoms with Gasteiger partial charge >= 0.3 is 0 Å². The zero-order chi connectivity index (χ0) is 10.7. The van der Waals surface area contributed by atoms with Gasteiger partial charge in [0.25, 0.3) is 0 Å². The lowest BCUT2D eigenvalue weighted by molar-refractivity contribution is -0.131. The molecule has 0 aromatic carbocycles. The predicted molar refractivity (Wildman–Crippen MR) is 56.4 cm³/mol. The van der Waals surface area contributed by atoms with Crippen molar-refractivity contribution >= 4 is 5.91 Å². The fourth-order valence-electron chi connectivity index (χ4n) is 1.73.